The first-order valence-corrected chi connectivity index (χ1v) is 6.12. The maximum atomic E-state index is 13.5. The van der Waals surface area contributed by atoms with Gasteiger partial charge in [0.25, 0.3) is 0 Å². The van der Waals surface area contributed by atoms with E-state index in [2.05, 4.69) is 25.9 Å². The Balaban J connectivity index is 2.11. The van der Waals surface area contributed by atoms with E-state index in [1.54, 1.807) is 6.07 Å². The number of benzene rings is 1. The zero-order valence-electron chi connectivity index (χ0n) is 10.2. The van der Waals surface area contributed by atoms with Crippen LogP contribution in [0.1, 0.15) is 24.2 Å². The number of aromatic nitrogens is 4. The summed E-state index contributed by atoms with van der Waals surface area (Å²) in [7, 11) is 0. The summed E-state index contributed by atoms with van der Waals surface area (Å²) in [5.74, 6) is -1.17. The van der Waals surface area contributed by atoms with E-state index in [9.17, 15) is 8.78 Å². The number of aromatic amines is 1. The molecule has 2 aromatic rings. The maximum Gasteiger partial charge on any atom is 0.185 e. The molecule has 0 bridgehead atoms. The van der Waals surface area contributed by atoms with Gasteiger partial charge in [0.2, 0.25) is 0 Å². The summed E-state index contributed by atoms with van der Waals surface area (Å²) >= 11 is 0. The normalized spacial score (nSPS) is 18.4. The van der Waals surface area contributed by atoms with Crippen molar-refractivity contribution in [3.8, 4) is 0 Å². The lowest BCUT2D eigenvalue weighted by atomic mass is 9.72. The van der Waals surface area contributed by atoms with Gasteiger partial charge in [0, 0.05) is 0 Å². The summed E-state index contributed by atoms with van der Waals surface area (Å²) in [4.78, 5) is 0. The van der Waals surface area contributed by atoms with Crippen LogP contribution >= 0.6 is 0 Å². The number of nitrogens with one attached hydrogen (secondary N) is 2. The maximum absolute atomic E-state index is 13.5. The van der Waals surface area contributed by atoms with Crippen molar-refractivity contribution in [1.82, 2.24) is 25.9 Å². The first-order valence-electron chi connectivity index (χ1n) is 6.12. The van der Waals surface area contributed by atoms with Crippen molar-refractivity contribution < 1.29 is 8.78 Å². The van der Waals surface area contributed by atoms with Gasteiger partial charge in [0.1, 0.15) is 0 Å². The second-order valence-electron chi connectivity index (χ2n) is 4.70. The molecule has 1 aromatic carbocycles. The SMILES string of the molecule is Fc1ccc(C2(c3nn[nH]n3)CCNCC2)cc1F. The van der Waals surface area contributed by atoms with Crippen molar-refractivity contribution >= 4 is 0 Å². The summed E-state index contributed by atoms with van der Waals surface area (Å²) < 4.78 is 26.6. The van der Waals surface area contributed by atoms with Crippen LogP contribution in [0.15, 0.2) is 18.2 Å². The first kappa shape index (κ1) is 12.2. The standard InChI is InChI=1S/C12H13F2N5/c13-9-2-1-8(7-10(9)14)12(3-5-15-6-4-12)11-16-18-19-17-11/h1-2,7,15H,3-6H2,(H,16,17,18,19). The highest BCUT2D eigenvalue weighted by molar-refractivity contribution is 5.34. The molecule has 100 valence electrons. The fraction of sp³-hybridized carbons (Fsp3) is 0.417. The van der Waals surface area contributed by atoms with Crippen LogP contribution in [-0.4, -0.2) is 33.7 Å². The van der Waals surface area contributed by atoms with Gasteiger partial charge in [-0.15, -0.1) is 10.2 Å². The van der Waals surface area contributed by atoms with Crippen LogP contribution in [0.2, 0.25) is 0 Å². The first-order chi connectivity index (χ1) is 9.22. The highest BCUT2D eigenvalue weighted by atomic mass is 19.2. The van der Waals surface area contributed by atoms with E-state index in [1.807, 2.05) is 0 Å². The van der Waals surface area contributed by atoms with Gasteiger partial charge in [-0.1, -0.05) is 11.3 Å². The monoisotopic (exact) mass is 265 g/mol. The largest absolute Gasteiger partial charge is 0.317 e. The van der Waals surface area contributed by atoms with Gasteiger partial charge in [0.15, 0.2) is 17.5 Å². The van der Waals surface area contributed by atoms with Crippen LogP contribution < -0.4 is 5.32 Å². The second kappa shape index (κ2) is 4.65. The molecule has 1 aromatic heterocycles. The Morgan fingerprint density at radius 1 is 1.11 bits per heavy atom. The van der Waals surface area contributed by atoms with E-state index in [4.69, 9.17) is 0 Å². The minimum absolute atomic E-state index is 0.507. The molecule has 2 N–H and O–H groups in total. The van der Waals surface area contributed by atoms with Gasteiger partial charge in [-0.2, -0.15) is 5.21 Å². The number of nitrogens with zero attached hydrogens (tertiary/aromatic N) is 3. The van der Waals surface area contributed by atoms with Crippen molar-refractivity contribution in [2.75, 3.05) is 13.1 Å². The van der Waals surface area contributed by atoms with Crippen LogP contribution in [0.4, 0.5) is 8.78 Å². The number of tetrazole rings is 1. The molecule has 0 aliphatic carbocycles. The topological polar surface area (TPSA) is 66.5 Å². The Hall–Kier alpha value is -1.89. The molecule has 19 heavy (non-hydrogen) atoms. The number of hydrogen-bond acceptors (Lipinski definition) is 4. The molecule has 5 nitrogen and oxygen atoms in total. The summed E-state index contributed by atoms with van der Waals surface area (Å²) in [5, 5.41) is 17.4. The molecule has 0 saturated carbocycles. The molecule has 1 aliphatic rings. The van der Waals surface area contributed by atoms with Crippen molar-refractivity contribution in [2.45, 2.75) is 18.3 Å². The summed E-state index contributed by atoms with van der Waals surface area (Å²) in [5.41, 5.74) is 0.182. The molecular formula is C12H13F2N5. The van der Waals surface area contributed by atoms with Crippen LogP contribution in [0.5, 0.6) is 0 Å². The van der Waals surface area contributed by atoms with E-state index in [0.29, 0.717) is 11.4 Å². The van der Waals surface area contributed by atoms with Crippen LogP contribution in [0, 0.1) is 11.6 Å². The van der Waals surface area contributed by atoms with E-state index < -0.39 is 17.0 Å². The molecule has 3 rings (SSSR count). The molecule has 2 heterocycles. The Labute approximate surface area is 108 Å². The Bertz CT molecular complexity index is 564. The molecule has 1 saturated heterocycles. The Morgan fingerprint density at radius 3 is 2.53 bits per heavy atom. The molecule has 7 heteroatoms. The van der Waals surface area contributed by atoms with Gasteiger partial charge in [-0.05, 0) is 43.6 Å². The number of piperidine rings is 1. The van der Waals surface area contributed by atoms with Gasteiger partial charge < -0.3 is 5.32 Å². The number of H-pyrrole nitrogens is 1. The molecule has 0 radical (unpaired) electrons. The number of halogens is 2. The number of hydrogen-bond donors (Lipinski definition) is 2. The van der Waals surface area contributed by atoms with Crippen molar-refractivity contribution in [3.63, 3.8) is 0 Å². The van der Waals surface area contributed by atoms with Gasteiger partial charge in [-0.25, -0.2) is 8.78 Å². The van der Waals surface area contributed by atoms with E-state index in [1.165, 1.54) is 6.07 Å². The third kappa shape index (κ3) is 1.99. The van der Waals surface area contributed by atoms with Gasteiger partial charge in [-0.3, -0.25) is 0 Å². The predicted molar refractivity (Wildman–Crippen MR) is 63.4 cm³/mol. The molecule has 1 aliphatic heterocycles. The van der Waals surface area contributed by atoms with Crippen molar-refractivity contribution in [2.24, 2.45) is 0 Å². The fourth-order valence-corrected chi connectivity index (χ4v) is 2.65. The minimum atomic E-state index is -0.848. The van der Waals surface area contributed by atoms with Gasteiger partial charge in [0.05, 0.1) is 5.41 Å². The minimum Gasteiger partial charge on any atom is -0.317 e. The Kier molecular flexibility index (Phi) is 2.98. The predicted octanol–water partition coefficient (Wildman–Crippen LogP) is 1.15. The number of rotatable bonds is 2. The Morgan fingerprint density at radius 2 is 1.89 bits per heavy atom. The van der Waals surface area contributed by atoms with E-state index in [-0.39, 0.29) is 0 Å². The van der Waals surface area contributed by atoms with Gasteiger partial charge >= 0.3 is 0 Å². The van der Waals surface area contributed by atoms with Crippen LogP contribution in [0.25, 0.3) is 0 Å². The molecule has 1 fully saturated rings. The lowest BCUT2D eigenvalue weighted by molar-refractivity contribution is 0.343. The molecule has 0 amide bonds. The van der Waals surface area contributed by atoms with Crippen LogP contribution in [-0.2, 0) is 5.41 Å². The van der Waals surface area contributed by atoms with Crippen molar-refractivity contribution in [1.29, 1.82) is 0 Å². The lowest BCUT2D eigenvalue weighted by Gasteiger charge is -2.35. The fourth-order valence-electron chi connectivity index (χ4n) is 2.65. The van der Waals surface area contributed by atoms with E-state index >= 15 is 0 Å². The van der Waals surface area contributed by atoms with Crippen molar-refractivity contribution in [3.05, 3.63) is 41.2 Å². The zero-order valence-corrected chi connectivity index (χ0v) is 10.2. The summed E-state index contributed by atoms with van der Waals surface area (Å²) in [6, 6.07) is 3.98. The zero-order chi connectivity index (χ0) is 13.3. The second-order valence-corrected chi connectivity index (χ2v) is 4.70. The molecule has 0 atom stereocenters. The smallest absolute Gasteiger partial charge is 0.185 e. The average molecular weight is 265 g/mol. The highest BCUT2D eigenvalue weighted by Gasteiger charge is 2.39. The molecular weight excluding hydrogens is 252 g/mol. The summed E-state index contributed by atoms with van der Waals surface area (Å²) in [6.45, 7) is 1.54. The quantitative estimate of drug-likeness (QED) is 0.854. The third-order valence-electron chi connectivity index (χ3n) is 3.70. The molecule has 0 spiro atoms. The average Bonchev–Trinajstić information content (AvgIpc) is 2.97. The van der Waals surface area contributed by atoms with Crippen LogP contribution in [0.3, 0.4) is 0 Å². The molecule has 0 unspecified atom stereocenters. The summed E-state index contributed by atoms with van der Waals surface area (Å²) in [6.07, 6.45) is 1.44. The highest BCUT2D eigenvalue weighted by Crippen LogP contribution is 2.38. The lowest BCUT2D eigenvalue weighted by Crippen LogP contribution is -2.41. The third-order valence-corrected chi connectivity index (χ3v) is 3.70. The van der Waals surface area contributed by atoms with E-state index in [0.717, 1.165) is 32.0 Å².